The summed E-state index contributed by atoms with van der Waals surface area (Å²) in [4.78, 5) is 27.7. The summed E-state index contributed by atoms with van der Waals surface area (Å²) >= 11 is 4.89. The summed E-state index contributed by atoms with van der Waals surface area (Å²) in [7, 11) is 0. The third kappa shape index (κ3) is 2.45. The Hall–Kier alpha value is -1.54. The third-order valence-electron chi connectivity index (χ3n) is 2.77. The van der Waals surface area contributed by atoms with Crippen LogP contribution in [-0.4, -0.2) is 22.0 Å². The maximum Gasteiger partial charge on any atom is 0.230 e. The van der Waals surface area contributed by atoms with Crippen molar-refractivity contribution in [2.45, 2.75) is 12.8 Å². The van der Waals surface area contributed by atoms with Gasteiger partial charge in [-0.05, 0) is 27.4 Å². The van der Waals surface area contributed by atoms with Gasteiger partial charge in [0, 0.05) is 17.3 Å². The second-order valence-electron chi connectivity index (χ2n) is 4.13. The van der Waals surface area contributed by atoms with Crippen molar-refractivity contribution in [3.63, 3.8) is 0 Å². The zero-order valence-corrected chi connectivity index (χ0v) is 12.0. The highest BCUT2D eigenvalue weighted by Crippen LogP contribution is 2.31. The summed E-state index contributed by atoms with van der Waals surface area (Å²) in [5, 5.41) is 8.06. The van der Waals surface area contributed by atoms with Gasteiger partial charge in [0.05, 0.1) is 10.8 Å². The average molecular weight is 342 g/mol. The quantitative estimate of drug-likeness (QED) is 0.860. The lowest BCUT2D eigenvalue weighted by Crippen LogP contribution is -2.22. The molecule has 1 N–H and O–H groups in total. The molecule has 1 saturated heterocycles. The van der Waals surface area contributed by atoms with Crippen LogP contribution in [0.25, 0.3) is 10.7 Å². The van der Waals surface area contributed by atoms with Gasteiger partial charge in [0.15, 0.2) is 0 Å². The standard InChI is InChI=1S/C11H8BrN3O3S/c12-6-1-2-19-9(6)10-14-8(18-15-10)4-5-3-7(16)13-11(5)17/h1-2,5H,3-4H2,(H,13,16,17). The minimum atomic E-state index is -0.410. The maximum absolute atomic E-state index is 11.5. The molecule has 0 radical (unpaired) electrons. The molecule has 1 aliphatic heterocycles. The van der Waals surface area contributed by atoms with Crippen molar-refractivity contribution in [1.82, 2.24) is 15.5 Å². The Morgan fingerprint density at radius 2 is 2.37 bits per heavy atom. The zero-order chi connectivity index (χ0) is 13.4. The Bertz CT molecular complexity index is 651. The average Bonchev–Trinajstić information content (AvgIpc) is 3.02. The molecule has 6 nitrogen and oxygen atoms in total. The summed E-state index contributed by atoms with van der Waals surface area (Å²) in [5.41, 5.74) is 0. The van der Waals surface area contributed by atoms with E-state index in [1.54, 1.807) is 0 Å². The highest BCUT2D eigenvalue weighted by molar-refractivity contribution is 9.10. The smallest absolute Gasteiger partial charge is 0.230 e. The Morgan fingerprint density at radius 1 is 1.53 bits per heavy atom. The maximum atomic E-state index is 11.5. The number of thiophene rings is 1. The number of rotatable bonds is 3. The highest BCUT2D eigenvalue weighted by atomic mass is 79.9. The largest absolute Gasteiger partial charge is 0.339 e. The highest BCUT2D eigenvalue weighted by Gasteiger charge is 2.32. The van der Waals surface area contributed by atoms with Crippen molar-refractivity contribution >= 4 is 39.1 Å². The van der Waals surface area contributed by atoms with Gasteiger partial charge in [-0.15, -0.1) is 11.3 Å². The van der Waals surface area contributed by atoms with Crippen molar-refractivity contribution < 1.29 is 14.1 Å². The number of hydrogen-bond acceptors (Lipinski definition) is 6. The molecule has 1 unspecified atom stereocenters. The molecule has 98 valence electrons. The van der Waals surface area contributed by atoms with Gasteiger partial charge in [0.2, 0.25) is 23.5 Å². The van der Waals surface area contributed by atoms with Crippen molar-refractivity contribution in [3.8, 4) is 10.7 Å². The minimum absolute atomic E-state index is 0.180. The number of carbonyl (C=O) groups excluding carboxylic acids is 2. The van der Waals surface area contributed by atoms with Crippen LogP contribution < -0.4 is 5.32 Å². The zero-order valence-electron chi connectivity index (χ0n) is 9.55. The van der Waals surface area contributed by atoms with Crippen molar-refractivity contribution in [3.05, 3.63) is 21.8 Å². The molecular weight excluding hydrogens is 334 g/mol. The van der Waals surface area contributed by atoms with E-state index in [-0.39, 0.29) is 24.7 Å². The molecule has 3 rings (SSSR count). The first-order chi connectivity index (χ1) is 9.13. The number of nitrogens with zero attached hydrogens (tertiary/aromatic N) is 2. The Kier molecular flexibility index (Phi) is 3.19. The lowest BCUT2D eigenvalue weighted by molar-refractivity contribution is -0.125. The Labute approximate surface area is 120 Å². The minimum Gasteiger partial charge on any atom is -0.339 e. The van der Waals surface area contributed by atoms with Crippen molar-refractivity contribution in [2.24, 2.45) is 5.92 Å². The van der Waals surface area contributed by atoms with E-state index in [9.17, 15) is 9.59 Å². The molecule has 0 spiro atoms. The van der Waals surface area contributed by atoms with E-state index in [4.69, 9.17) is 4.52 Å². The van der Waals surface area contributed by atoms with Crippen LogP contribution in [0.5, 0.6) is 0 Å². The lowest BCUT2D eigenvalue weighted by atomic mass is 10.0. The molecule has 2 aromatic rings. The Balaban J connectivity index is 1.77. The number of nitrogens with one attached hydrogen (secondary N) is 1. The van der Waals surface area contributed by atoms with E-state index in [2.05, 4.69) is 31.4 Å². The van der Waals surface area contributed by atoms with Crippen LogP contribution in [-0.2, 0) is 16.0 Å². The lowest BCUT2D eigenvalue weighted by Gasteiger charge is -1.99. The number of imide groups is 1. The fraction of sp³-hybridized carbons (Fsp3) is 0.273. The molecule has 1 atom stereocenters. The van der Waals surface area contributed by atoms with Crippen LogP contribution in [0.15, 0.2) is 20.4 Å². The van der Waals surface area contributed by atoms with Gasteiger partial charge in [0.1, 0.15) is 0 Å². The molecule has 0 aromatic carbocycles. The second-order valence-corrected chi connectivity index (χ2v) is 5.90. The number of aromatic nitrogens is 2. The van der Waals surface area contributed by atoms with E-state index >= 15 is 0 Å². The van der Waals surface area contributed by atoms with Gasteiger partial charge >= 0.3 is 0 Å². The molecule has 1 aliphatic rings. The van der Waals surface area contributed by atoms with Crippen molar-refractivity contribution in [1.29, 1.82) is 0 Å². The van der Waals surface area contributed by atoms with Gasteiger partial charge in [-0.25, -0.2) is 0 Å². The number of halogens is 1. The van der Waals surface area contributed by atoms with Gasteiger partial charge in [0.25, 0.3) is 0 Å². The van der Waals surface area contributed by atoms with E-state index in [1.807, 2.05) is 11.4 Å². The monoisotopic (exact) mass is 341 g/mol. The molecule has 1 fully saturated rings. The van der Waals surface area contributed by atoms with Crippen LogP contribution in [0, 0.1) is 5.92 Å². The van der Waals surface area contributed by atoms with Crippen LogP contribution in [0.3, 0.4) is 0 Å². The normalized spacial score (nSPS) is 18.9. The summed E-state index contributed by atoms with van der Waals surface area (Å²) < 4.78 is 6.02. The van der Waals surface area contributed by atoms with E-state index < -0.39 is 5.92 Å². The van der Waals surface area contributed by atoms with Crippen LogP contribution >= 0.6 is 27.3 Å². The summed E-state index contributed by atoms with van der Waals surface area (Å²) in [6.45, 7) is 0. The van der Waals surface area contributed by atoms with Crippen LogP contribution in [0.2, 0.25) is 0 Å². The number of carbonyl (C=O) groups is 2. The molecule has 0 aliphatic carbocycles. The van der Waals surface area contributed by atoms with E-state index in [0.29, 0.717) is 11.7 Å². The predicted molar refractivity (Wildman–Crippen MR) is 70.3 cm³/mol. The third-order valence-corrected chi connectivity index (χ3v) is 4.61. The molecule has 2 aromatic heterocycles. The fourth-order valence-electron chi connectivity index (χ4n) is 1.87. The van der Waals surface area contributed by atoms with Crippen molar-refractivity contribution in [2.75, 3.05) is 0 Å². The first kappa shape index (κ1) is 12.5. The van der Waals surface area contributed by atoms with E-state index in [1.165, 1.54) is 11.3 Å². The van der Waals surface area contributed by atoms with Crippen LogP contribution in [0.1, 0.15) is 12.3 Å². The molecule has 19 heavy (non-hydrogen) atoms. The second kappa shape index (κ2) is 4.86. The molecule has 0 bridgehead atoms. The SMILES string of the molecule is O=C1CC(Cc2nc(-c3sccc3Br)no2)C(=O)N1. The van der Waals surface area contributed by atoms with Gasteiger partial charge < -0.3 is 4.52 Å². The molecule has 3 heterocycles. The first-order valence-electron chi connectivity index (χ1n) is 5.53. The summed E-state index contributed by atoms with van der Waals surface area (Å²) in [6.07, 6.45) is 0.465. The summed E-state index contributed by atoms with van der Waals surface area (Å²) in [6, 6.07) is 1.90. The summed E-state index contributed by atoms with van der Waals surface area (Å²) in [5.74, 6) is -0.0860. The predicted octanol–water partition coefficient (Wildman–Crippen LogP) is 1.77. The molecule has 2 amide bonds. The number of hydrogen-bond donors (Lipinski definition) is 1. The van der Waals surface area contributed by atoms with Gasteiger partial charge in [-0.3, -0.25) is 14.9 Å². The molecule has 0 saturated carbocycles. The first-order valence-corrected chi connectivity index (χ1v) is 7.20. The number of amides is 2. The van der Waals surface area contributed by atoms with Crippen LogP contribution in [0.4, 0.5) is 0 Å². The molecule has 8 heteroatoms. The Morgan fingerprint density at radius 3 is 3.00 bits per heavy atom. The molecular formula is C11H8BrN3O3S. The van der Waals surface area contributed by atoms with Gasteiger partial charge in [-0.1, -0.05) is 5.16 Å². The topological polar surface area (TPSA) is 85.1 Å². The van der Waals surface area contributed by atoms with Gasteiger partial charge in [-0.2, -0.15) is 4.98 Å². The fourth-order valence-corrected chi connectivity index (χ4v) is 3.34. The van der Waals surface area contributed by atoms with E-state index in [0.717, 1.165) is 9.35 Å².